The van der Waals surface area contributed by atoms with E-state index in [1.807, 2.05) is 20.8 Å². The number of nitrogens with one attached hydrogen (secondary N) is 1. The molecule has 14 heavy (non-hydrogen) atoms. The summed E-state index contributed by atoms with van der Waals surface area (Å²) in [5.74, 6) is 0.00623. The van der Waals surface area contributed by atoms with Crippen LogP contribution in [0.15, 0.2) is 12.2 Å². The van der Waals surface area contributed by atoms with Crippen LogP contribution in [0.25, 0.3) is 0 Å². The molecule has 1 N–H and O–H groups in total. The SMILES string of the molecule is C=C(C)C(C)(C)OO[C@@H]1CCC(=O)N1. The van der Waals surface area contributed by atoms with E-state index in [1.54, 1.807) is 0 Å². The third-order valence-corrected chi connectivity index (χ3v) is 2.36. The molecule has 80 valence electrons. The van der Waals surface area contributed by atoms with Gasteiger partial charge in [0.1, 0.15) is 5.60 Å². The van der Waals surface area contributed by atoms with E-state index < -0.39 is 5.60 Å². The van der Waals surface area contributed by atoms with Crippen molar-refractivity contribution in [2.45, 2.75) is 45.4 Å². The molecule has 0 aromatic rings. The zero-order valence-corrected chi connectivity index (χ0v) is 8.92. The number of amides is 1. The summed E-state index contributed by atoms with van der Waals surface area (Å²) in [4.78, 5) is 21.2. The van der Waals surface area contributed by atoms with Crippen molar-refractivity contribution in [2.75, 3.05) is 0 Å². The second kappa shape index (κ2) is 4.11. The van der Waals surface area contributed by atoms with Crippen LogP contribution in [0.4, 0.5) is 0 Å². The summed E-state index contributed by atoms with van der Waals surface area (Å²) in [7, 11) is 0. The molecule has 0 spiro atoms. The highest BCUT2D eigenvalue weighted by molar-refractivity contribution is 5.78. The lowest BCUT2D eigenvalue weighted by atomic mass is 10.0. The molecule has 0 saturated carbocycles. The minimum Gasteiger partial charge on any atom is -0.328 e. The molecule has 0 bridgehead atoms. The first-order valence-electron chi connectivity index (χ1n) is 4.71. The highest BCUT2D eigenvalue weighted by Gasteiger charge is 2.27. The first-order valence-corrected chi connectivity index (χ1v) is 4.71. The lowest BCUT2D eigenvalue weighted by molar-refractivity contribution is -0.369. The molecule has 1 atom stereocenters. The van der Waals surface area contributed by atoms with E-state index in [-0.39, 0.29) is 12.1 Å². The van der Waals surface area contributed by atoms with Crippen LogP contribution in [0.1, 0.15) is 33.6 Å². The van der Waals surface area contributed by atoms with Crippen molar-refractivity contribution in [2.24, 2.45) is 0 Å². The topological polar surface area (TPSA) is 47.6 Å². The van der Waals surface area contributed by atoms with Gasteiger partial charge in [-0.1, -0.05) is 6.58 Å². The average molecular weight is 199 g/mol. The summed E-state index contributed by atoms with van der Waals surface area (Å²) in [6.07, 6.45) is 0.841. The maximum Gasteiger partial charge on any atom is 0.222 e. The maximum atomic E-state index is 10.8. The zero-order chi connectivity index (χ0) is 10.8. The van der Waals surface area contributed by atoms with Gasteiger partial charge in [-0.15, -0.1) is 0 Å². The van der Waals surface area contributed by atoms with E-state index >= 15 is 0 Å². The zero-order valence-electron chi connectivity index (χ0n) is 8.92. The van der Waals surface area contributed by atoms with E-state index in [0.717, 1.165) is 5.57 Å². The second-order valence-electron chi connectivity index (χ2n) is 4.07. The van der Waals surface area contributed by atoms with Gasteiger partial charge in [-0.25, -0.2) is 9.78 Å². The van der Waals surface area contributed by atoms with E-state index in [4.69, 9.17) is 9.78 Å². The van der Waals surface area contributed by atoms with Gasteiger partial charge in [0, 0.05) is 12.8 Å². The molecule has 4 heteroatoms. The Bertz CT molecular complexity index is 248. The Kier molecular flexibility index (Phi) is 3.29. The number of hydrogen-bond donors (Lipinski definition) is 1. The fourth-order valence-corrected chi connectivity index (χ4v) is 0.908. The Labute approximate surface area is 84.2 Å². The summed E-state index contributed by atoms with van der Waals surface area (Å²) in [5, 5.41) is 2.65. The number of hydrogen-bond acceptors (Lipinski definition) is 3. The minimum atomic E-state index is -0.521. The highest BCUT2D eigenvalue weighted by atomic mass is 17.2. The molecule has 0 radical (unpaired) electrons. The van der Waals surface area contributed by atoms with Crippen LogP contribution in [-0.4, -0.2) is 17.7 Å². The predicted molar refractivity (Wildman–Crippen MR) is 52.2 cm³/mol. The van der Waals surface area contributed by atoms with Crippen molar-refractivity contribution in [3.8, 4) is 0 Å². The minimum absolute atomic E-state index is 0.00623. The summed E-state index contributed by atoms with van der Waals surface area (Å²) in [6, 6.07) is 0. The van der Waals surface area contributed by atoms with Gasteiger partial charge in [0.05, 0.1) is 0 Å². The average Bonchev–Trinajstić information content (AvgIpc) is 2.48. The van der Waals surface area contributed by atoms with Crippen molar-refractivity contribution < 1.29 is 14.6 Å². The normalized spacial score (nSPS) is 22.2. The summed E-state index contributed by atoms with van der Waals surface area (Å²) >= 11 is 0. The second-order valence-corrected chi connectivity index (χ2v) is 4.07. The van der Waals surface area contributed by atoms with Gasteiger partial charge in [-0.3, -0.25) is 4.79 Å². The lowest BCUT2D eigenvalue weighted by Gasteiger charge is -2.25. The van der Waals surface area contributed by atoms with Crippen LogP contribution in [0.2, 0.25) is 0 Å². The molecule has 1 aliphatic heterocycles. The van der Waals surface area contributed by atoms with Crippen LogP contribution < -0.4 is 5.32 Å². The molecule has 1 heterocycles. The smallest absolute Gasteiger partial charge is 0.222 e. The molecule has 4 nitrogen and oxygen atoms in total. The monoisotopic (exact) mass is 199 g/mol. The Balaban J connectivity index is 2.33. The summed E-state index contributed by atoms with van der Waals surface area (Å²) in [6.45, 7) is 9.40. The molecular weight excluding hydrogens is 182 g/mol. The number of carbonyl (C=O) groups excluding carboxylic acids is 1. The van der Waals surface area contributed by atoms with Crippen molar-refractivity contribution in [1.82, 2.24) is 5.32 Å². The van der Waals surface area contributed by atoms with Gasteiger partial charge in [0.15, 0.2) is 6.23 Å². The summed E-state index contributed by atoms with van der Waals surface area (Å²) < 4.78 is 0. The predicted octanol–water partition coefficient (Wildman–Crippen LogP) is 1.53. The molecular formula is C10H17NO3. The van der Waals surface area contributed by atoms with Gasteiger partial charge < -0.3 is 5.32 Å². The van der Waals surface area contributed by atoms with E-state index in [0.29, 0.717) is 12.8 Å². The van der Waals surface area contributed by atoms with Gasteiger partial charge in [0.25, 0.3) is 0 Å². The molecule has 0 aromatic heterocycles. The first kappa shape index (κ1) is 11.2. The molecule has 1 rings (SSSR count). The Hall–Kier alpha value is -0.870. The van der Waals surface area contributed by atoms with Crippen LogP contribution in [0.5, 0.6) is 0 Å². The van der Waals surface area contributed by atoms with Crippen LogP contribution >= 0.6 is 0 Å². The largest absolute Gasteiger partial charge is 0.328 e. The van der Waals surface area contributed by atoms with Crippen molar-refractivity contribution >= 4 is 5.91 Å². The van der Waals surface area contributed by atoms with Gasteiger partial charge in [-0.05, 0) is 26.3 Å². The maximum absolute atomic E-state index is 10.8. The van der Waals surface area contributed by atoms with Gasteiger partial charge >= 0.3 is 0 Å². The highest BCUT2D eigenvalue weighted by Crippen LogP contribution is 2.20. The van der Waals surface area contributed by atoms with Crippen molar-refractivity contribution in [3.05, 3.63) is 12.2 Å². The Morgan fingerprint density at radius 2 is 2.29 bits per heavy atom. The van der Waals surface area contributed by atoms with Crippen LogP contribution in [0.3, 0.4) is 0 Å². The molecule has 1 saturated heterocycles. The molecule has 1 fully saturated rings. The van der Waals surface area contributed by atoms with E-state index in [9.17, 15) is 4.79 Å². The quantitative estimate of drug-likeness (QED) is 0.424. The first-order chi connectivity index (χ1) is 6.42. The summed E-state index contributed by atoms with van der Waals surface area (Å²) in [5.41, 5.74) is 0.356. The van der Waals surface area contributed by atoms with Crippen LogP contribution in [0, 0.1) is 0 Å². The molecule has 0 aromatic carbocycles. The Morgan fingerprint density at radius 1 is 1.64 bits per heavy atom. The fraction of sp³-hybridized carbons (Fsp3) is 0.700. The number of rotatable bonds is 4. The fourth-order valence-electron chi connectivity index (χ4n) is 0.908. The van der Waals surface area contributed by atoms with Gasteiger partial charge in [0.2, 0.25) is 5.91 Å². The third-order valence-electron chi connectivity index (χ3n) is 2.36. The molecule has 1 aliphatic rings. The van der Waals surface area contributed by atoms with E-state index in [2.05, 4.69) is 11.9 Å². The standard InChI is InChI=1S/C10H17NO3/c1-7(2)10(3,4)14-13-9-6-5-8(12)11-9/h9H,1,5-6H2,2-4H3,(H,11,12)/t9-/m1/s1. The molecule has 0 unspecified atom stereocenters. The Morgan fingerprint density at radius 3 is 2.71 bits per heavy atom. The lowest BCUT2D eigenvalue weighted by Crippen LogP contribution is -2.33. The molecule has 1 amide bonds. The van der Waals surface area contributed by atoms with Gasteiger partial charge in [-0.2, -0.15) is 0 Å². The van der Waals surface area contributed by atoms with Crippen molar-refractivity contribution in [3.63, 3.8) is 0 Å². The van der Waals surface area contributed by atoms with Crippen LogP contribution in [-0.2, 0) is 14.6 Å². The molecule has 0 aliphatic carbocycles. The number of carbonyl (C=O) groups is 1. The van der Waals surface area contributed by atoms with E-state index in [1.165, 1.54) is 0 Å². The third kappa shape index (κ3) is 2.82. The van der Waals surface area contributed by atoms with Crippen molar-refractivity contribution in [1.29, 1.82) is 0 Å².